The highest BCUT2D eigenvalue weighted by molar-refractivity contribution is 5.95. The highest BCUT2D eigenvalue weighted by Crippen LogP contribution is 2.31. The molecule has 0 radical (unpaired) electrons. The number of amides is 2. The first-order chi connectivity index (χ1) is 16.5. The Bertz CT molecular complexity index is 1160. The maximum atomic E-state index is 12.4. The number of amidine groups is 1. The summed E-state index contributed by atoms with van der Waals surface area (Å²) in [5.74, 6) is 0.979. The van der Waals surface area contributed by atoms with Crippen molar-refractivity contribution in [2.45, 2.75) is 18.8 Å². The van der Waals surface area contributed by atoms with Crippen molar-refractivity contribution in [1.29, 1.82) is 5.41 Å². The Morgan fingerprint density at radius 1 is 1.21 bits per heavy atom. The first-order valence-electron chi connectivity index (χ1n) is 10.5. The number of urea groups is 1. The Labute approximate surface area is 196 Å². The molecule has 11 nitrogen and oxygen atoms in total. The summed E-state index contributed by atoms with van der Waals surface area (Å²) in [5, 5.41) is 15.6. The van der Waals surface area contributed by atoms with E-state index in [0.29, 0.717) is 23.9 Å². The lowest BCUT2D eigenvalue weighted by molar-refractivity contribution is 0.184. The van der Waals surface area contributed by atoms with Gasteiger partial charge in [0.1, 0.15) is 11.6 Å². The molecule has 1 aliphatic heterocycles. The number of aromatic nitrogens is 2. The van der Waals surface area contributed by atoms with Crippen LogP contribution < -0.4 is 31.5 Å². The van der Waals surface area contributed by atoms with Gasteiger partial charge in [0.25, 0.3) is 0 Å². The van der Waals surface area contributed by atoms with Gasteiger partial charge in [-0.1, -0.05) is 6.07 Å². The molecular weight excluding hydrogens is 436 g/mol. The number of carbonyl (C=O) groups excluding carboxylic acids is 1. The minimum absolute atomic E-state index is 0.0141. The number of hydrogen-bond donors (Lipinski definition) is 5. The van der Waals surface area contributed by atoms with Crippen LogP contribution in [0.5, 0.6) is 5.75 Å². The molecule has 1 unspecified atom stereocenters. The molecule has 1 fully saturated rings. The van der Waals surface area contributed by atoms with E-state index in [4.69, 9.17) is 20.6 Å². The number of hydrogen-bond acceptors (Lipinski definition) is 8. The summed E-state index contributed by atoms with van der Waals surface area (Å²) >= 11 is 0. The molecule has 0 saturated carbocycles. The topological polar surface area (TPSA) is 151 Å². The van der Waals surface area contributed by atoms with Crippen molar-refractivity contribution < 1.29 is 14.3 Å². The summed E-state index contributed by atoms with van der Waals surface area (Å²) in [5.41, 5.74) is 11.5. The molecule has 34 heavy (non-hydrogen) atoms. The molecule has 4 rings (SSSR count). The van der Waals surface area contributed by atoms with Crippen LogP contribution in [0.2, 0.25) is 0 Å². The first kappa shape index (κ1) is 22.8. The van der Waals surface area contributed by atoms with Crippen LogP contribution in [-0.4, -0.2) is 42.2 Å². The highest BCUT2D eigenvalue weighted by Gasteiger charge is 2.38. The lowest BCUT2D eigenvalue weighted by Gasteiger charge is -2.31. The zero-order valence-corrected chi connectivity index (χ0v) is 18.8. The Morgan fingerprint density at radius 3 is 2.59 bits per heavy atom. The summed E-state index contributed by atoms with van der Waals surface area (Å²) in [7, 11) is 3.22. The van der Waals surface area contributed by atoms with Gasteiger partial charge in [-0.15, -0.1) is 0 Å². The second kappa shape index (κ2) is 10.0. The zero-order valence-electron chi connectivity index (χ0n) is 18.8. The van der Waals surface area contributed by atoms with Gasteiger partial charge < -0.3 is 25.8 Å². The van der Waals surface area contributed by atoms with E-state index in [1.165, 1.54) is 0 Å². The smallest absolute Gasteiger partial charge is 0.335 e. The summed E-state index contributed by atoms with van der Waals surface area (Å²) in [6.07, 6.45) is 2.62. The van der Waals surface area contributed by atoms with E-state index >= 15 is 0 Å². The summed E-state index contributed by atoms with van der Waals surface area (Å²) in [6, 6.07) is 13.8. The molecule has 1 aliphatic rings. The maximum Gasteiger partial charge on any atom is 0.335 e. The van der Waals surface area contributed by atoms with Gasteiger partial charge >= 0.3 is 6.03 Å². The van der Waals surface area contributed by atoms with Gasteiger partial charge in [-0.3, -0.25) is 5.41 Å². The van der Waals surface area contributed by atoms with Gasteiger partial charge in [-0.2, -0.15) is 0 Å². The molecule has 1 saturated heterocycles. The van der Waals surface area contributed by atoms with E-state index < -0.39 is 12.2 Å². The predicted molar refractivity (Wildman–Crippen MR) is 127 cm³/mol. The van der Waals surface area contributed by atoms with Crippen LogP contribution >= 0.6 is 0 Å². The second-order valence-electron chi connectivity index (χ2n) is 7.61. The van der Waals surface area contributed by atoms with E-state index in [1.807, 2.05) is 30.3 Å². The normalized spacial score (nSPS) is 15.9. The standard InChI is InChI=1S/C23H26N8O3/c1-33-13-14-10-16(12-18(11-14)34-2)19(28-17-6-4-15(5-7-17)20(24)25)21-29-23(32)30-31(21)22-26-8-3-9-27-22/h3-12,19,21,28H,13H2,1-2H3,(H3,24,25)(H2,29,30,32)/t19?,21-/m0/s1. The van der Waals surface area contributed by atoms with Gasteiger partial charge in [-0.05, 0) is 53.6 Å². The maximum absolute atomic E-state index is 12.4. The minimum Gasteiger partial charge on any atom is -0.497 e. The number of anilines is 2. The molecule has 0 spiro atoms. The van der Waals surface area contributed by atoms with E-state index in [9.17, 15) is 4.79 Å². The van der Waals surface area contributed by atoms with Gasteiger partial charge in [0.05, 0.1) is 19.8 Å². The van der Waals surface area contributed by atoms with Crippen LogP contribution in [0.1, 0.15) is 22.7 Å². The number of nitrogens with one attached hydrogen (secondary N) is 4. The lowest BCUT2D eigenvalue weighted by atomic mass is 10.00. The average Bonchev–Trinajstić information content (AvgIpc) is 3.24. The number of methoxy groups -OCH3 is 2. The Kier molecular flexibility index (Phi) is 6.74. The minimum atomic E-state index is -0.593. The molecule has 6 N–H and O–H groups in total. The van der Waals surface area contributed by atoms with Crippen molar-refractivity contribution in [3.63, 3.8) is 0 Å². The number of hydrazine groups is 1. The molecule has 2 atom stereocenters. The summed E-state index contributed by atoms with van der Waals surface area (Å²) < 4.78 is 10.8. The Balaban J connectivity index is 1.77. The molecule has 2 heterocycles. The van der Waals surface area contributed by atoms with E-state index in [1.54, 1.807) is 49.8 Å². The average molecular weight is 463 g/mol. The van der Waals surface area contributed by atoms with Crippen molar-refractivity contribution in [3.8, 4) is 5.75 Å². The predicted octanol–water partition coefficient (Wildman–Crippen LogP) is 2.13. The van der Waals surface area contributed by atoms with Crippen molar-refractivity contribution in [3.05, 3.63) is 77.6 Å². The molecule has 0 aliphatic carbocycles. The van der Waals surface area contributed by atoms with Gasteiger partial charge in [-0.25, -0.2) is 25.2 Å². The lowest BCUT2D eigenvalue weighted by Crippen LogP contribution is -2.47. The summed E-state index contributed by atoms with van der Waals surface area (Å²) in [6.45, 7) is 0.394. The van der Waals surface area contributed by atoms with Crippen LogP contribution in [0.3, 0.4) is 0 Å². The molecule has 2 amide bonds. The molecule has 1 aromatic heterocycles. The van der Waals surface area contributed by atoms with E-state index in [-0.39, 0.29) is 11.9 Å². The molecule has 11 heteroatoms. The van der Waals surface area contributed by atoms with E-state index in [2.05, 4.69) is 26.0 Å². The number of nitrogens with zero attached hydrogens (tertiary/aromatic N) is 3. The van der Waals surface area contributed by atoms with Crippen LogP contribution in [-0.2, 0) is 11.3 Å². The molecule has 176 valence electrons. The van der Waals surface area contributed by atoms with Crippen LogP contribution in [0, 0.1) is 5.41 Å². The van der Waals surface area contributed by atoms with E-state index in [0.717, 1.165) is 16.8 Å². The number of nitrogens with two attached hydrogens (primary N) is 1. The fourth-order valence-corrected chi connectivity index (χ4v) is 3.74. The Hall–Kier alpha value is -4.38. The van der Waals surface area contributed by atoms with Crippen molar-refractivity contribution in [1.82, 2.24) is 20.7 Å². The number of ether oxygens (including phenoxy) is 2. The highest BCUT2D eigenvalue weighted by atomic mass is 16.5. The Morgan fingerprint density at radius 2 is 1.94 bits per heavy atom. The number of rotatable bonds is 9. The van der Waals surface area contributed by atoms with Crippen molar-refractivity contribution >= 4 is 23.5 Å². The first-order valence-corrected chi connectivity index (χ1v) is 10.5. The third-order valence-corrected chi connectivity index (χ3v) is 5.28. The zero-order chi connectivity index (χ0) is 24.1. The third kappa shape index (κ3) is 4.99. The largest absolute Gasteiger partial charge is 0.497 e. The number of nitrogen functional groups attached to an aromatic ring is 1. The van der Waals surface area contributed by atoms with Crippen molar-refractivity contribution in [2.75, 3.05) is 24.5 Å². The molecular formula is C23H26N8O3. The fourth-order valence-electron chi connectivity index (χ4n) is 3.74. The third-order valence-electron chi connectivity index (χ3n) is 5.28. The van der Waals surface area contributed by atoms with Gasteiger partial charge in [0.2, 0.25) is 5.95 Å². The number of carbonyl (C=O) groups is 1. The molecule has 2 aromatic carbocycles. The van der Waals surface area contributed by atoms with Crippen molar-refractivity contribution in [2.24, 2.45) is 5.73 Å². The molecule has 3 aromatic rings. The quantitative estimate of drug-likeness (QED) is 0.240. The van der Waals surface area contributed by atoms with Crippen LogP contribution in [0.4, 0.5) is 16.4 Å². The van der Waals surface area contributed by atoms with Gasteiger partial charge in [0.15, 0.2) is 6.17 Å². The second-order valence-corrected chi connectivity index (χ2v) is 7.61. The SMILES string of the molecule is COCc1cc(OC)cc(C(Nc2ccc(C(=N)N)cc2)[C@H]2NC(=O)NN2c2ncccn2)c1. The molecule has 0 bridgehead atoms. The number of benzene rings is 2. The monoisotopic (exact) mass is 462 g/mol. The van der Waals surface area contributed by atoms with Crippen LogP contribution in [0.25, 0.3) is 0 Å². The fraction of sp³-hybridized carbons (Fsp3) is 0.217. The summed E-state index contributed by atoms with van der Waals surface area (Å²) in [4.78, 5) is 21.0. The van der Waals surface area contributed by atoms with Gasteiger partial charge in [0, 0.05) is 30.8 Å². The van der Waals surface area contributed by atoms with Crippen LogP contribution in [0.15, 0.2) is 60.9 Å².